The molecule has 0 saturated carbocycles. The van der Waals surface area contributed by atoms with Gasteiger partial charge in [-0.15, -0.1) is 11.3 Å². The van der Waals surface area contributed by atoms with Gasteiger partial charge in [-0.25, -0.2) is 4.98 Å². The molecule has 0 spiro atoms. The van der Waals surface area contributed by atoms with E-state index in [2.05, 4.69) is 32.9 Å². The first kappa shape index (κ1) is 21.7. The summed E-state index contributed by atoms with van der Waals surface area (Å²) in [6.45, 7) is 8.24. The number of aryl methyl sites for hydroxylation is 1. The van der Waals surface area contributed by atoms with E-state index >= 15 is 0 Å². The number of rotatable bonds is 10. The lowest BCUT2D eigenvalue weighted by Crippen LogP contribution is -2.39. The maximum Gasteiger partial charge on any atom is 0.221 e. The predicted molar refractivity (Wildman–Crippen MR) is 115 cm³/mol. The lowest BCUT2D eigenvalue weighted by molar-refractivity contribution is -0.114. The zero-order valence-electron chi connectivity index (χ0n) is 16.7. The summed E-state index contributed by atoms with van der Waals surface area (Å²) in [5.74, 6) is 1.38. The van der Waals surface area contributed by atoms with Crippen LogP contribution in [0.3, 0.4) is 0 Å². The minimum atomic E-state index is -0.103. The SMILES string of the molecule is CCNC(=NCCc1ncc(CC)s1)NCCOc1cccc(NC(C)=O)c1. The van der Waals surface area contributed by atoms with Gasteiger partial charge in [0, 0.05) is 49.3 Å². The Balaban J connectivity index is 1.75. The van der Waals surface area contributed by atoms with Crippen molar-refractivity contribution >= 4 is 28.9 Å². The highest BCUT2D eigenvalue weighted by Gasteiger charge is 2.02. The summed E-state index contributed by atoms with van der Waals surface area (Å²) in [4.78, 5) is 21.5. The molecule has 0 aliphatic rings. The molecular formula is C20H29N5O2S. The van der Waals surface area contributed by atoms with Crippen LogP contribution in [0.4, 0.5) is 5.69 Å². The number of anilines is 1. The van der Waals surface area contributed by atoms with Gasteiger partial charge in [-0.2, -0.15) is 0 Å². The monoisotopic (exact) mass is 403 g/mol. The van der Waals surface area contributed by atoms with Crippen LogP contribution in [0.15, 0.2) is 35.5 Å². The molecule has 2 rings (SSSR count). The fraction of sp³-hybridized carbons (Fsp3) is 0.450. The van der Waals surface area contributed by atoms with Crippen LogP contribution in [0.25, 0.3) is 0 Å². The van der Waals surface area contributed by atoms with Crippen molar-refractivity contribution in [2.45, 2.75) is 33.6 Å². The van der Waals surface area contributed by atoms with Crippen LogP contribution < -0.4 is 20.7 Å². The Morgan fingerprint density at radius 2 is 2.14 bits per heavy atom. The fourth-order valence-electron chi connectivity index (χ4n) is 2.44. The summed E-state index contributed by atoms with van der Waals surface area (Å²) in [5, 5.41) is 10.4. The molecule has 0 saturated heterocycles. The van der Waals surface area contributed by atoms with Crippen molar-refractivity contribution in [2.24, 2.45) is 4.99 Å². The summed E-state index contributed by atoms with van der Waals surface area (Å²) in [5.41, 5.74) is 0.723. The van der Waals surface area contributed by atoms with Crippen LogP contribution in [0.1, 0.15) is 30.7 Å². The van der Waals surface area contributed by atoms with Gasteiger partial charge < -0.3 is 20.7 Å². The molecule has 0 aliphatic carbocycles. The molecule has 0 fully saturated rings. The number of hydrogen-bond donors (Lipinski definition) is 3. The molecule has 1 heterocycles. The molecular weight excluding hydrogens is 374 g/mol. The van der Waals surface area contributed by atoms with Crippen molar-refractivity contribution < 1.29 is 9.53 Å². The highest BCUT2D eigenvalue weighted by molar-refractivity contribution is 7.11. The number of guanidine groups is 1. The Kier molecular flexibility index (Phi) is 9.27. The standard InChI is InChI=1S/C20H29N5O2S/c1-4-18-14-24-19(28-18)9-10-22-20(21-5-2)23-11-12-27-17-8-6-7-16(13-17)25-15(3)26/h6-8,13-14H,4-5,9-12H2,1-3H3,(H,25,26)(H2,21,22,23). The van der Waals surface area contributed by atoms with Gasteiger partial charge in [-0.05, 0) is 25.5 Å². The quantitative estimate of drug-likeness (QED) is 0.323. The summed E-state index contributed by atoms with van der Waals surface area (Å²) in [6, 6.07) is 7.35. The Bertz CT molecular complexity index is 775. The molecule has 1 amide bonds. The van der Waals surface area contributed by atoms with Crippen molar-refractivity contribution in [2.75, 3.05) is 31.6 Å². The van der Waals surface area contributed by atoms with E-state index in [4.69, 9.17) is 4.74 Å². The van der Waals surface area contributed by atoms with E-state index in [0.717, 1.165) is 36.0 Å². The van der Waals surface area contributed by atoms with E-state index in [1.54, 1.807) is 17.4 Å². The number of nitrogens with zero attached hydrogens (tertiary/aromatic N) is 2. The second-order valence-electron chi connectivity index (χ2n) is 6.07. The van der Waals surface area contributed by atoms with Crippen molar-refractivity contribution in [3.63, 3.8) is 0 Å². The zero-order valence-corrected chi connectivity index (χ0v) is 17.6. The van der Waals surface area contributed by atoms with Gasteiger partial charge in [0.25, 0.3) is 0 Å². The molecule has 1 aromatic heterocycles. The van der Waals surface area contributed by atoms with Gasteiger partial charge in [0.15, 0.2) is 5.96 Å². The smallest absolute Gasteiger partial charge is 0.221 e. The summed E-state index contributed by atoms with van der Waals surface area (Å²) in [7, 11) is 0. The molecule has 0 aliphatic heterocycles. The average molecular weight is 404 g/mol. The molecule has 0 radical (unpaired) electrons. The molecule has 0 bridgehead atoms. The first-order chi connectivity index (χ1) is 13.6. The average Bonchev–Trinajstić information content (AvgIpc) is 3.13. The molecule has 3 N–H and O–H groups in total. The maximum atomic E-state index is 11.1. The third-order valence-corrected chi connectivity index (χ3v) is 4.91. The normalized spacial score (nSPS) is 11.2. The highest BCUT2D eigenvalue weighted by atomic mass is 32.1. The van der Waals surface area contributed by atoms with Crippen molar-refractivity contribution in [1.29, 1.82) is 0 Å². The number of carbonyl (C=O) groups excluding carboxylic acids is 1. The zero-order chi connectivity index (χ0) is 20.2. The first-order valence-electron chi connectivity index (χ1n) is 9.57. The number of amides is 1. The topological polar surface area (TPSA) is 87.6 Å². The Hall–Kier alpha value is -2.61. The van der Waals surface area contributed by atoms with E-state index < -0.39 is 0 Å². The molecule has 0 atom stereocenters. The second kappa shape index (κ2) is 12.0. The number of benzene rings is 1. The highest BCUT2D eigenvalue weighted by Crippen LogP contribution is 2.17. The Labute approximate surface area is 170 Å². The molecule has 28 heavy (non-hydrogen) atoms. The molecule has 2 aromatic rings. The number of nitrogens with one attached hydrogen (secondary N) is 3. The van der Waals surface area contributed by atoms with Crippen LogP contribution in [-0.4, -0.2) is 43.1 Å². The van der Waals surface area contributed by atoms with Gasteiger partial charge in [-0.3, -0.25) is 9.79 Å². The van der Waals surface area contributed by atoms with E-state index in [-0.39, 0.29) is 5.91 Å². The van der Waals surface area contributed by atoms with Crippen LogP contribution in [-0.2, 0) is 17.6 Å². The maximum absolute atomic E-state index is 11.1. The van der Waals surface area contributed by atoms with E-state index in [1.165, 1.54) is 11.8 Å². The second-order valence-corrected chi connectivity index (χ2v) is 7.27. The van der Waals surface area contributed by atoms with Gasteiger partial charge in [0.1, 0.15) is 12.4 Å². The van der Waals surface area contributed by atoms with Gasteiger partial charge in [0.2, 0.25) is 5.91 Å². The minimum Gasteiger partial charge on any atom is -0.492 e. The molecule has 0 unspecified atom stereocenters. The third kappa shape index (κ3) is 7.96. The summed E-state index contributed by atoms with van der Waals surface area (Å²) >= 11 is 1.75. The molecule has 7 nitrogen and oxygen atoms in total. The number of aromatic nitrogens is 1. The van der Waals surface area contributed by atoms with E-state index in [0.29, 0.717) is 25.4 Å². The van der Waals surface area contributed by atoms with Gasteiger partial charge in [-0.1, -0.05) is 13.0 Å². The molecule has 152 valence electrons. The number of carbonyl (C=O) groups is 1. The predicted octanol–water partition coefficient (Wildman–Crippen LogP) is 2.84. The minimum absolute atomic E-state index is 0.103. The van der Waals surface area contributed by atoms with E-state index in [1.807, 2.05) is 31.3 Å². The van der Waals surface area contributed by atoms with Crippen LogP contribution in [0, 0.1) is 0 Å². The van der Waals surface area contributed by atoms with Crippen LogP contribution in [0.2, 0.25) is 0 Å². The van der Waals surface area contributed by atoms with E-state index in [9.17, 15) is 4.79 Å². The van der Waals surface area contributed by atoms with Crippen molar-refractivity contribution in [3.05, 3.63) is 40.3 Å². The van der Waals surface area contributed by atoms with Gasteiger partial charge >= 0.3 is 0 Å². The molecule has 1 aromatic carbocycles. The Morgan fingerprint density at radius 1 is 1.29 bits per heavy atom. The van der Waals surface area contributed by atoms with Crippen molar-refractivity contribution in [1.82, 2.24) is 15.6 Å². The largest absolute Gasteiger partial charge is 0.492 e. The number of thiazole rings is 1. The first-order valence-corrected chi connectivity index (χ1v) is 10.4. The number of ether oxygens (including phenoxy) is 1. The fourth-order valence-corrected chi connectivity index (χ4v) is 3.29. The number of hydrogen-bond acceptors (Lipinski definition) is 5. The number of aliphatic imine (C=N–C) groups is 1. The van der Waals surface area contributed by atoms with Gasteiger partial charge in [0.05, 0.1) is 11.6 Å². The summed E-state index contributed by atoms with van der Waals surface area (Å²) in [6.07, 6.45) is 3.82. The lowest BCUT2D eigenvalue weighted by Gasteiger charge is -2.12. The summed E-state index contributed by atoms with van der Waals surface area (Å²) < 4.78 is 5.74. The van der Waals surface area contributed by atoms with Crippen LogP contribution in [0.5, 0.6) is 5.75 Å². The molecule has 8 heteroatoms. The van der Waals surface area contributed by atoms with Crippen LogP contribution >= 0.6 is 11.3 Å². The Morgan fingerprint density at radius 3 is 2.86 bits per heavy atom. The van der Waals surface area contributed by atoms with Crippen molar-refractivity contribution in [3.8, 4) is 5.75 Å². The lowest BCUT2D eigenvalue weighted by atomic mass is 10.3. The third-order valence-electron chi connectivity index (χ3n) is 3.71.